The minimum atomic E-state index is -3.79. The third kappa shape index (κ3) is 3.54. The van der Waals surface area contributed by atoms with Crippen LogP contribution in [0.15, 0.2) is 39.7 Å². The quantitative estimate of drug-likeness (QED) is 0.760. The van der Waals surface area contributed by atoms with E-state index in [0.29, 0.717) is 4.47 Å². The smallest absolute Gasteiger partial charge is 0.263 e. The van der Waals surface area contributed by atoms with Crippen LogP contribution >= 0.6 is 39.1 Å². The summed E-state index contributed by atoms with van der Waals surface area (Å²) in [6.07, 6.45) is 0. The second kappa shape index (κ2) is 6.16. The Bertz CT molecular complexity index is 807. The van der Waals surface area contributed by atoms with Crippen molar-refractivity contribution in [2.75, 3.05) is 4.72 Å². The minimum Gasteiger partial charge on any atom is -0.277 e. The van der Waals surface area contributed by atoms with Crippen molar-refractivity contribution in [1.29, 1.82) is 0 Å². The molecular weight excluding hydrogens is 397 g/mol. The van der Waals surface area contributed by atoms with Crippen LogP contribution in [0.2, 0.25) is 10.0 Å². The van der Waals surface area contributed by atoms with Gasteiger partial charge in [-0.2, -0.15) is 0 Å². The number of hydrogen-bond acceptors (Lipinski definition) is 2. The maximum absolute atomic E-state index is 12.5. The zero-order valence-corrected chi connectivity index (χ0v) is 15.2. The molecule has 21 heavy (non-hydrogen) atoms. The molecule has 0 aliphatic carbocycles. The molecule has 0 atom stereocenters. The number of sulfonamides is 1. The van der Waals surface area contributed by atoms with E-state index in [1.807, 2.05) is 6.92 Å². The lowest BCUT2D eigenvalue weighted by atomic mass is 10.2. The van der Waals surface area contributed by atoms with Crippen molar-refractivity contribution in [1.82, 2.24) is 0 Å². The molecule has 2 rings (SSSR count). The van der Waals surface area contributed by atoms with Gasteiger partial charge in [-0.15, -0.1) is 0 Å². The molecule has 2 aromatic carbocycles. The van der Waals surface area contributed by atoms with E-state index in [0.717, 1.165) is 11.1 Å². The first-order valence-electron chi connectivity index (χ1n) is 5.96. The van der Waals surface area contributed by atoms with Crippen LogP contribution in [0.4, 0.5) is 5.69 Å². The first-order chi connectivity index (χ1) is 9.72. The van der Waals surface area contributed by atoms with Crippen molar-refractivity contribution in [2.24, 2.45) is 0 Å². The lowest BCUT2D eigenvalue weighted by molar-refractivity contribution is 0.600. The Balaban J connectivity index is 2.50. The summed E-state index contributed by atoms with van der Waals surface area (Å²) in [5, 5.41) is 0.534. The van der Waals surface area contributed by atoms with Crippen LogP contribution < -0.4 is 4.72 Å². The summed E-state index contributed by atoms with van der Waals surface area (Å²) in [6, 6.07) is 8.31. The molecule has 0 amide bonds. The molecule has 7 heteroatoms. The first-order valence-corrected chi connectivity index (χ1v) is 8.99. The van der Waals surface area contributed by atoms with E-state index in [9.17, 15) is 8.42 Å². The van der Waals surface area contributed by atoms with Gasteiger partial charge in [-0.1, -0.05) is 35.3 Å². The molecule has 0 aliphatic heterocycles. The Morgan fingerprint density at radius 2 is 1.76 bits per heavy atom. The summed E-state index contributed by atoms with van der Waals surface area (Å²) in [6.45, 7) is 3.65. The summed E-state index contributed by atoms with van der Waals surface area (Å²) < 4.78 is 27.9. The predicted molar refractivity (Wildman–Crippen MR) is 90.9 cm³/mol. The molecule has 0 unspecified atom stereocenters. The van der Waals surface area contributed by atoms with E-state index < -0.39 is 10.0 Å². The SMILES string of the molecule is Cc1ccc(S(=O)(=O)Nc2c(Cl)ccc(C)c2Cl)c(Br)c1. The zero-order chi connectivity index (χ0) is 15.8. The average molecular weight is 409 g/mol. The summed E-state index contributed by atoms with van der Waals surface area (Å²) in [7, 11) is -3.79. The van der Waals surface area contributed by atoms with Gasteiger partial charge in [0.15, 0.2) is 0 Å². The Morgan fingerprint density at radius 1 is 1.10 bits per heavy atom. The van der Waals surface area contributed by atoms with Crippen molar-refractivity contribution < 1.29 is 8.42 Å². The number of benzene rings is 2. The zero-order valence-electron chi connectivity index (χ0n) is 11.2. The highest BCUT2D eigenvalue weighted by molar-refractivity contribution is 9.10. The van der Waals surface area contributed by atoms with Gasteiger partial charge in [-0.25, -0.2) is 8.42 Å². The van der Waals surface area contributed by atoms with Crippen molar-refractivity contribution in [3.63, 3.8) is 0 Å². The van der Waals surface area contributed by atoms with E-state index in [1.165, 1.54) is 6.07 Å². The largest absolute Gasteiger partial charge is 0.277 e. The average Bonchev–Trinajstić information content (AvgIpc) is 2.39. The minimum absolute atomic E-state index is 0.127. The monoisotopic (exact) mass is 407 g/mol. The van der Waals surface area contributed by atoms with Crippen molar-refractivity contribution in [2.45, 2.75) is 18.7 Å². The third-order valence-electron chi connectivity index (χ3n) is 2.90. The molecule has 1 N–H and O–H groups in total. The molecule has 0 saturated heterocycles. The van der Waals surface area contributed by atoms with Gasteiger partial charge >= 0.3 is 0 Å². The van der Waals surface area contributed by atoms with E-state index in [-0.39, 0.29) is 20.6 Å². The topological polar surface area (TPSA) is 46.2 Å². The lowest BCUT2D eigenvalue weighted by Crippen LogP contribution is -2.14. The summed E-state index contributed by atoms with van der Waals surface area (Å²) in [5.41, 5.74) is 1.87. The molecule has 112 valence electrons. The number of nitrogens with one attached hydrogen (secondary N) is 1. The second-order valence-corrected chi connectivity index (χ2v) is 7.88. The Hall–Kier alpha value is -0.750. The molecule has 0 fully saturated rings. The standard InChI is InChI=1S/C14H12BrCl2NO2S/c1-8-3-6-12(10(15)7-8)21(19,20)18-14-11(16)5-4-9(2)13(14)17/h3-7,18H,1-2H3. The van der Waals surface area contributed by atoms with Crippen LogP contribution in [0.1, 0.15) is 11.1 Å². The fraction of sp³-hybridized carbons (Fsp3) is 0.143. The maximum atomic E-state index is 12.5. The maximum Gasteiger partial charge on any atom is 0.263 e. The molecule has 0 heterocycles. The number of halogens is 3. The van der Waals surface area contributed by atoms with Crippen LogP contribution in [0.25, 0.3) is 0 Å². The van der Waals surface area contributed by atoms with Gasteiger partial charge in [0.05, 0.1) is 15.7 Å². The van der Waals surface area contributed by atoms with Crippen LogP contribution in [0, 0.1) is 13.8 Å². The summed E-state index contributed by atoms with van der Waals surface area (Å²) in [4.78, 5) is 0.127. The highest BCUT2D eigenvalue weighted by Gasteiger charge is 2.21. The van der Waals surface area contributed by atoms with Gasteiger partial charge in [0, 0.05) is 4.47 Å². The van der Waals surface area contributed by atoms with Gasteiger partial charge in [-0.05, 0) is 59.1 Å². The van der Waals surface area contributed by atoms with Crippen molar-refractivity contribution in [3.05, 3.63) is 56.0 Å². The number of aryl methyl sites for hydroxylation is 2. The van der Waals surface area contributed by atoms with E-state index >= 15 is 0 Å². The van der Waals surface area contributed by atoms with Gasteiger partial charge in [-0.3, -0.25) is 4.72 Å². The Kier molecular flexibility index (Phi) is 4.88. The Labute approximate surface area is 142 Å². The van der Waals surface area contributed by atoms with Gasteiger partial charge in [0.1, 0.15) is 4.90 Å². The molecule has 0 spiro atoms. The van der Waals surface area contributed by atoms with Crippen LogP contribution in [-0.2, 0) is 10.0 Å². The van der Waals surface area contributed by atoms with Crippen LogP contribution in [0.5, 0.6) is 0 Å². The molecular formula is C14H12BrCl2NO2S. The third-order valence-corrected chi connectivity index (χ3v) is 6.03. The van der Waals surface area contributed by atoms with Crippen LogP contribution in [0.3, 0.4) is 0 Å². The fourth-order valence-electron chi connectivity index (χ4n) is 1.76. The van der Waals surface area contributed by atoms with E-state index in [4.69, 9.17) is 23.2 Å². The van der Waals surface area contributed by atoms with E-state index in [1.54, 1.807) is 31.2 Å². The number of rotatable bonds is 3. The second-order valence-electron chi connectivity index (χ2n) is 4.59. The molecule has 0 saturated carbocycles. The van der Waals surface area contributed by atoms with Crippen molar-refractivity contribution >= 4 is 54.8 Å². The number of hydrogen-bond donors (Lipinski definition) is 1. The van der Waals surface area contributed by atoms with Crippen molar-refractivity contribution in [3.8, 4) is 0 Å². The molecule has 3 nitrogen and oxygen atoms in total. The van der Waals surface area contributed by atoms with Gasteiger partial charge in [0.2, 0.25) is 0 Å². The Morgan fingerprint density at radius 3 is 2.38 bits per heavy atom. The normalized spacial score (nSPS) is 11.5. The molecule has 0 aromatic heterocycles. The summed E-state index contributed by atoms with van der Waals surface area (Å²) in [5.74, 6) is 0. The van der Waals surface area contributed by atoms with E-state index in [2.05, 4.69) is 20.7 Å². The summed E-state index contributed by atoms with van der Waals surface area (Å²) >= 11 is 15.4. The van der Waals surface area contributed by atoms with Gasteiger partial charge < -0.3 is 0 Å². The van der Waals surface area contributed by atoms with Crippen LogP contribution in [-0.4, -0.2) is 8.42 Å². The molecule has 2 aromatic rings. The first kappa shape index (κ1) is 16.6. The highest BCUT2D eigenvalue weighted by Crippen LogP contribution is 2.35. The molecule has 0 radical (unpaired) electrons. The number of anilines is 1. The molecule has 0 aliphatic rings. The fourth-order valence-corrected chi connectivity index (χ4v) is 4.63. The molecule has 0 bridgehead atoms. The predicted octanol–water partition coefficient (Wildman–Crippen LogP) is 5.17. The lowest BCUT2D eigenvalue weighted by Gasteiger charge is -2.14. The highest BCUT2D eigenvalue weighted by atomic mass is 79.9. The van der Waals surface area contributed by atoms with Gasteiger partial charge in [0.25, 0.3) is 10.0 Å².